The Morgan fingerprint density at radius 3 is 1.88 bits per heavy atom. The lowest BCUT2D eigenvalue weighted by molar-refractivity contribution is -0.162. The minimum Gasteiger partial charge on any atom is -0.447 e. The summed E-state index contributed by atoms with van der Waals surface area (Å²) in [5.74, 6) is -3.50. The van der Waals surface area contributed by atoms with Crippen LogP contribution in [-0.4, -0.2) is 136 Å². The summed E-state index contributed by atoms with van der Waals surface area (Å²) in [5, 5.41) is 7.79. The van der Waals surface area contributed by atoms with Crippen LogP contribution in [-0.2, 0) is 77.4 Å². The number of rotatable bonds is 28. The van der Waals surface area contributed by atoms with Gasteiger partial charge in [0.15, 0.2) is 0 Å². The molecule has 0 radical (unpaired) electrons. The molecular weight excluding hydrogens is 925 g/mol. The highest BCUT2D eigenvalue weighted by molar-refractivity contribution is 7.53. The van der Waals surface area contributed by atoms with Gasteiger partial charge in [0.05, 0.1) is 43.4 Å². The molecule has 386 valence electrons. The van der Waals surface area contributed by atoms with Gasteiger partial charge in [-0.15, -0.1) is 0 Å². The first-order valence-corrected chi connectivity index (χ1v) is 24.1. The number of esters is 2. The first kappa shape index (κ1) is 59.5. The van der Waals surface area contributed by atoms with Crippen LogP contribution in [0.25, 0.3) is 0 Å². The van der Waals surface area contributed by atoms with Gasteiger partial charge < -0.3 is 44.4 Å². The number of hydrogen-bond acceptors (Lipinski definition) is 17. The number of amides is 6. The van der Waals surface area contributed by atoms with Crippen molar-refractivity contribution in [3.8, 4) is 0 Å². The average Bonchev–Trinajstić information content (AvgIpc) is 3.59. The standard InChI is InChI=1S/C46H70N5O17P/c1-12-50(28-62-26-32(4)14-13-25-69(60,67-29-65-41(56)45(6,7)8)68-30-66-42(57)46(9,10)11)44(59)64-27-34-15-17-35(18-16-34)48-39(54)33(5)47-40(55)38(31(2)3)49-43(58)63-24-23-61-22-21-51-36(52)19-20-37(51)53/h14-20,31,33,38H,12-13,21-30H2,1-11H3,(H,47,55)(H,48,54)(H,49,58)/b32-14+/t33-,38-/m0/s1. The Bertz CT molecular complexity index is 1970. The number of anilines is 1. The number of imide groups is 1. The molecule has 0 aliphatic carbocycles. The molecule has 0 fully saturated rings. The summed E-state index contributed by atoms with van der Waals surface area (Å²) in [4.78, 5) is 101. The lowest BCUT2D eigenvalue weighted by atomic mass is 9.98. The molecule has 0 aromatic heterocycles. The molecule has 0 saturated carbocycles. The van der Waals surface area contributed by atoms with Crippen LogP contribution >= 0.6 is 7.60 Å². The molecule has 1 aliphatic rings. The second kappa shape index (κ2) is 28.7. The van der Waals surface area contributed by atoms with E-state index in [9.17, 15) is 42.9 Å². The molecule has 23 heteroatoms. The molecule has 2 rings (SSSR count). The third-order valence-electron chi connectivity index (χ3n) is 9.60. The van der Waals surface area contributed by atoms with Crippen molar-refractivity contribution in [1.29, 1.82) is 0 Å². The van der Waals surface area contributed by atoms with Gasteiger partial charge in [0.2, 0.25) is 25.4 Å². The topological polar surface area (TPSA) is 270 Å². The molecule has 1 heterocycles. The van der Waals surface area contributed by atoms with Crippen molar-refractivity contribution in [2.45, 2.75) is 101 Å². The van der Waals surface area contributed by atoms with E-state index in [1.165, 1.54) is 24.0 Å². The predicted molar refractivity (Wildman–Crippen MR) is 250 cm³/mol. The maximum Gasteiger partial charge on any atom is 0.411 e. The lowest BCUT2D eigenvalue weighted by Crippen LogP contribution is -2.53. The third-order valence-corrected chi connectivity index (χ3v) is 11.4. The van der Waals surface area contributed by atoms with Gasteiger partial charge in [-0.05, 0) is 92.3 Å². The van der Waals surface area contributed by atoms with Crippen LogP contribution in [0.1, 0.15) is 88.1 Å². The number of nitrogens with zero attached hydrogens (tertiary/aromatic N) is 2. The monoisotopic (exact) mass is 995 g/mol. The van der Waals surface area contributed by atoms with Crippen molar-refractivity contribution in [2.24, 2.45) is 16.7 Å². The lowest BCUT2D eigenvalue weighted by Gasteiger charge is -2.23. The van der Waals surface area contributed by atoms with E-state index in [4.69, 9.17) is 37.5 Å². The fourth-order valence-electron chi connectivity index (χ4n) is 5.38. The number of carbonyl (C=O) groups is 8. The van der Waals surface area contributed by atoms with Crippen LogP contribution in [0.2, 0.25) is 0 Å². The molecule has 1 aromatic carbocycles. The molecule has 22 nitrogen and oxygen atoms in total. The van der Waals surface area contributed by atoms with E-state index in [0.717, 1.165) is 10.5 Å². The summed E-state index contributed by atoms with van der Waals surface area (Å²) in [6.45, 7) is 17.3. The molecule has 0 saturated heterocycles. The van der Waals surface area contributed by atoms with Crippen molar-refractivity contribution >= 4 is 61.0 Å². The van der Waals surface area contributed by atoms with Gasteiger partial charge in [0.25, 0.3) is 11.8 Å². The fourth-order valence-corrected chi connectivity index (χ4v) is 6.59. The summed E-state index contributed by atoms with van der Waals surface area (Å²) in [6, 6.07) is 4.49. The van der Waals surface area contributed by atoms with Crippen LogP contribution in [0.4, 0.5) is 15.3 Å². The van der Waals surface area contributed by atoms with Gasteiger partial charge in [-0.3, -0.25) is 52.2 Å². The first-order valence-electron chi connectivity index (χ1n) is 22.4. The van der Waals surface area contributed by atoms with Gasteiger partial charge in [0.1, 0.15) is 32.0 Å². The molecule has 0 unspecified atom stereocenters. The zero-order chi connectivity index (χ0) is 52.0. The number of ether oxygens (including phenoxy) is 6. The summed E-state index contributed by atoms with van der Waals surface area (Å²) >= 11 is 0. The highest BCUT2D eigenvalue weighted by Gasteiger charge is 2.31. The summed E-state index contributed by atoms with van der Waals surface area (Å²) < 4.78 is 56.0. The quantitative estimate of drug-likeness (QED) is 0.0180. The Labute approximate surface area is 403 Å². The van der Waals surface area contributed by atoms with Crippen LogP contribution in [0.3, 0.4) is 0 Å². The van der Waals surface area contributed by atoms with Crippen LogP contribution in [0.5, 0.6) is 0 Å². The number of alkyl carbamates (subject to hydrolysis) is 1. The average molecular weight is 996 g/mol. The minimum atomic E-state index is -3.89. The molecule has 1 aromatic rings. The van der Waals surface area contributed by atoms with Crippen molar-refractivity contribution in [3.63, 3.8) is 0 Å². The maximum absolute atomic E-state index is 13.5. The second-order valence-corrected chi connectivity index (χ2v) is 20.3. The smallest absolute Gasteiger partial charge is 0.411 e. The van der Waals surface area contributed by atoms with E-state index in [0.29, 0.717) is 11.3 Å². The van der Waals surface area contributed by atoms with Gasteiger partial charge in [-0.25, -0.2) is 9.59 Å². The molecule has 1 aliphatic heterocycles. The van der Waals surface area contributed by atoms with E-state index in [2.05, 4.69) is 16.0 Å². The highest BCUT2D eigenvalue weighted by atomic mass is 31.2. The van der Waals surface area contributed by atoms with E-state index >= 15 is 0 Å². The molecule has 3 N–H and O–H groups in total. The number of hydrogen-bond donors (Lipinski definition) is 3. The van der Waals surface area contributed by atoms with Crippen molar-refractivity contribution < 1.29 is 80.4 Å². The van der Waals surface area contributed by atoms with Gasteiger partial charge in [-0.2, -0.15) is 0 Å². The number of carbonyl (C=O) groups excluding carboxylic acids is 8. The van der Waals surface area contributed by atoms with Crippen LogP contribution in [0.15, 0.2) is 48.1 Å². The van der Waals surface area contributed by atoms with E-state index in [1.54, 1.807) is 99.6 Å². The Balaban J connectivity index is 1.78. The van der Waals surface area contributed by atoms with Gasteiger partial charge in [-0.1, -0.05) is 37.6 Å². The minimum absolute atomic E-state index is 0.0113. The Kier molecular flexibility index (Phi) is 24.8. The van der Waals surface area contributed by atoms with Crippen molar-refractivity contribution in [2.75, 3.05) is 71.3 Å². The van der Waals surface area contributed by atoms with Crippen LogP contribution in [0, 0.1) is 16.7 Å². The first-order chi connectivity index (χ1) is 32.3. The molecular formula is C46H70N5O17P. The number of benzene rings is 1. The SMILES string of the molecule is CCN(COC/C(C)=C/CCP(=O)(OCOC(=O)C(C)(C)C)OCOC(=O)C(C)(C)C)C(=O)OCc1ccc(NC(=O)[C@H](C)NC(=O)[C@@H](NC(=O)OCCOCCN2C(=O)C=CC2=O)C(C)C)cc1. The second-order valence-electron chi connectivity index (χ2n) is 18.1. The summed E-state index contributed by atoms with van der Waals surface area (Å²) in [5.41, 5.74) is 0.155. The van der Waals surface area contributed by atoms with E-state index in [-0.39, 0.29) is 71.4 Å². The Morgan fingerprint density at radius 1 is 0.768 bits per heavy atom. The number of nitrogens with one attached hydrogen (secondary N) is 3. The molecule has 0 bridgehead atoms. The molecule has 69 heavy (non-hydrogen) atoms. The Morgan fingerprint density at radius 2 is 1.35 bits per heavy atom. The predicted octanol–water partition coefficient (Wildman–Crippen LogP) is 5.41. The van der Waals surface area contributed by atoms with E-state index < -0.39 is 91.8 Å². The van der Waals surface area contributed by atoms with Gasteiger partial charge >= 0.3 is 31.7 Å². The van der Waals surface area contributed by atoms with Crippen LogP contribution < -0.4 is 16.0 Å². The largest absolute Gasteiger partial charge is 0.447 e. The molecule has 2 atom stereocenters. The fraction of sp³-hybridized carbons (Fsp3) is 0.609. The third kappa shape index (κ3) is 22.5. The highest BCUT2D eigenvalue weighted by Crippen LogP contribution is 2.49. The summed E-state index contributed by atoms with van der Waals surface area (Å²) in [6.07, 6.45) is 2.65. The molecule has 6 amide bonds. The number of allylic oxidation sites excluding steroid dienone is 1. The van der Waals surface area contributed by atoms with Gasteiger partial charge in [0, 0.05) is 24.4 Å². The Hall–Kier alpha value is -5.67. The van der Waals surface area contributed by atoms with Crippen molar-refractivity contribution in [3.05, 3.63) is 53.6 Å². The zero-order valence-electron chi connectivity index (χ0n) is 41.5. The summed E-state index contributed by atoms with van der Waals surface area (Å²) in [7, 11) is -3.89. The van der Waals surface area contributed by atoms with Crippen molar-refractivity contribution in [1.82, 2.24) is 20.4 Å². The van der Waals surface area contributed by atoms with E-state index in [1.807, 2.05) is 0 Å². The molecule has 0 spiro atoms. The maximum atomic E-state index is 13.5. The normalized spacial score (nSPS) is 14.0. The zero-order valence-corrected chi connectivity index (χ0v) is 42.4.